The lowest BCUT2D eigenvalue weighted by Gasteiger charge is -2.14. The number of rotatable bonds is 1. The fourth-order valence-electron chi connectivity index (χ4n) is 6.82. The molecule has 0 radical (unpaired) electrons. The van der Waals surface area contributed by atoms with Crippen molar-refractivity contribution in [3.05, 3.63) is 127 Å². The average molecular weight is 468 g/mol. The first-order valence-electron chi connectivity index (χ1n) is 12.9. The Labute approximate surface area is 213 Å². The molecular weight excluding hydrogens is 446 g/mol. The molecule has 37 heavy (non-hydrogen) atoms. The first-order chi connectivity index (χ1) is 18.4. The zero-order chi connectivity index (χ0) is 24.1. The summed E-state index contributed by atoms with van der Waals surface area (Å²) in [5.41, 5.74) is 9.13. The molecule has 0 amide bonds. The summed E-state index contributed by atoms with van der Waals surface area (Å²) in [5, 5.41) is 10.5. The van der Waals surface area contributed by atoms with Gasteiger partial charge in [0.05, 0.1) is 16.7 Å². The lowest BCUT2D eigenvalue weighted by Crippen LogP contribution is -1.96. The Kier molecular flexibility index (Phi) is 3.59. The molecule has 1 nitrogen and oxygen atoms in total. The van der Waals surface area contributed by atoms with Crippen LogP contribution in [0.5, 0.6) is 0 Å². The second-order valence-electron chi connectivity index (χ2n) is 10.1. The van der Waals surface area contributed by atoms with Crippen LogP contribution in [-0.4, -0.2) is 4.57 Å². The zero-order valence-electron chi connectivity index (χ0n) is 20.1. The second-order valence-corrected chi connectivity index (χ2v) is 10.1. The van der Waals surface area contributed by atoms with Gasteiger partial charge in [0.15, 0.2) is 0 Å². The van der Waals surface area contributed by atoms with Crippen molar-refractivity contribution < 1.29 is 0 Å². The molecule has 8 aromatic rings. The summed E-state index contributed by atoms with van der Waals surface area (Å²) in [5.74, 6) is 0. The summed E-state index contributed by atoms with van der Waals surface area (Å²) in [4.78, 5) is 0. The van der Waals surface area contributed by atoms with Crippen molar-refractivity contribution in [3.63, 3.8) is 0 Å². The molecule has 9 rings (SSSR count). The maximum atomic E-state index is 2.49. The molecule has 0 bridgehead atoms. The van der Waals surface area contributed by atoms with E-state index in [2.05, 4.69) is 132 Å². The molecule has 0 unspecified atom stereocenters. The first-order valence-corrected chi connectivity index (χ1v) is 12.9. The van der Waals surface area contributed by atoms with E-state index in [1.807, 2.05) is 0 Å². The molecule has 1 aliphatic carbocycles. The van der Waals surface area contributed by atoms with Gasteiger partial charge < -0.3 is 4.57 Å². The lowest BCUT2D eigenvalue weighted by molar-refractivity contribution is 1.20. The van der Waals surface area contributed by atoms with Gasteiger partial charge in [-0.15, -0.1) is 0 Å². The van der Waals surface area contributed by atoms with E-state index in [9.17, 15) is 0 Å². The Morgan fingerprint density at radius 2 is 1.05 bits per heavy atom. The lowest BCUT2D eigenvalue weighted by atomic mass is 9.98. The van der Waals surface area contributed by atoms with Crippen LogP contribution >= 0.6 is 0 Å². The second kappa shape index (κ2) is 6.87. The number of hydrogen-bond donors (Lipinski definition) is 0. The van der Waals surface area contributed by atoms with E-state index >= 15 is 0 Å². The molecule has 0 fully saturated rings. The number of fused-ring (bicyclic) bond motifs is 10. The number of para-hydroxylation sites is 1. The number of aromatic nitrogens is 1. The Bertz CT molecular complexity index is 2240. The minimum absolute atomic E-state index is 1.23. The van der Waals surface area contributed by atoms with Crippen molar-refractivity contribution in [2.24, 2.45) is 0 Å². The predicted molar refractivity (Wildman–Crippen MR) is 158 cm³/mol. The molecule has 7 aromatic carbocycles. The average Bonchev–Trinajstić information content (AvgIpc) is 3.47. The molecule has 0 saturated carbocycles. The van der Waals surface area contributed by atoms with E-state index in [1.54, 1.807) is 0 Å². The topological polar surface area (TPSA) is 4.93 Å². The molecule has 1 aliphatic rings. The summed E-state index contributed by atoms with van der Waals surface area (Å²) in [7, 11) is 0. The molecule has 1 aromatic heterocycles. The monoisotopic (exact) mass is 467 g/mol. The standard InChI is InChI=1S/C36H21N/c1-2-12-24-23(9-1)21-33(26-14-4-3-13-25(24)26)37-31-18-6-5-15-29(31)36-32(37)20-19-28-27-16-7-10-22-11-8-17-30(34(22)27)35(28)36/h1-21H. The van der Waals surface area contributed by atoms with Crippen molar-refractivity contribution in [3.8, 4) is 27.9 Å². The Morgan fingerprint density at radius 1 is 0.378 bits per heavy atom. The van der Waals surface area contributed by atoms with Gasteiger partial charge in [0.1, 0.15) is 0 Å². The highest BCUT2D eigenvalue weighted by molar-refractivity contribution is 6.27. The van der Waals surface area contributed by atoms with E-state index in [-0.39, 0.29) is 0 Å². The van der Waals surface area contributed by atoms with Gasteiger partial charge in [-0.05, 0) is 61.8 Å². The highest BCUT2D eigenvalue weighted by atomic mass is 15.0. The van der Waals surface area contributed by atoms with Gasteiger partial charge in [0.25, 0.3) is 0 Å². The van der Waals surface area contributed by atoms with Crippen LogP contribution in [0.4, 0.5) is 0 Å². The number of hydrogen-bond acceptors (Lipinski definition) is 0. The van der Waals surface area contributed by atoms with Gasteiger partial charge in [0, 0.05) is 21.7 Å². The third kappa shape index (κ3) is 2.39. The van der Waals surface area contributed by atoms with Gasteiger partial charge in [-0.2, -0.15) is 0 Å². The van der Waals surface area contributed by atoms with E-state index in [1.165, 1.54) is 82.1 Å². The molecule has 0 saturated heterocycles. The fraction of sp³-hybridized carbons (Fsp3) is 0. The Balaban J connectivity index is 1.50. The first kappa shape index (κ1) is 19.3. The maximum absolute atomic E-state index is 2.49. The van der Waals surface area contributed by atoms with Gasteiger partial charge in [-0.25, -0.2) is 0 Å². The van der Waals surface area contributed by atoms with Crippen LogP contribution in [0, 0.1) is 0 Å². The largest absolute Gasteiger partial charge is 0.309 e. The summed E-state index contributed by atoms with van der Waals surface area (Å²) < 4.78 is 2.49. The van der Waals surface area contributed by atoms with Gasteiger partial charge in [-0.1, -0.05) is 109 Å². The maximum Gasteiger partial charge on any atom is 0.0548 e. The van der Waals surface area contributed by atoms with E-state index in [4.69, 9.17) is 0 Å². The SMILES string of the molecule is c1cc2c3c(cccc3c1)-c1c-2ccc2c1c1ccccc1n2-c1cc2ccccc2c2ccccc12. The number of nitrogens with zero attached hydrogens (tertiary/aromatic N) is 1. The molecule has 0 aliphatic heterocycles. The minimum atomic E-state index is 1.23. The molecule has 0 atom stereocenters. The minimum Gasteiger partial charge on any atom is -0.309 e. The van der Waals surface area contributed by atoms with Crippen LogP contribution in [0.15, 0.2) is 127 Å². The third-order valence-electron chi connectivity index (χ3n) is 8.29. The molecule has 0 spiro atoms. The zero-order valence-corrected chi connectivity index (χ0v) is 20.1. The highest BCUT2D eigenvalue weighted by Crippen LogP contribution is 2.52. The summed E-state index contributed by atoms with van der Waals surface area (Å²) in [6, 6.07) is 46.9. The van der Waals surface area contributed by atoms with Crippen LogP contribution in [0.1, 0.15) is 0 Å². The van der Waals surface area contributed by atoms with Crippen LogP contribution < -0.4 is 0 Å². The quantitative estimate of drug-likeness (QED) is 0.212. The van der Waals surface area contributed by atoms with Crippen molar-refractivity contribution in [2.45, 2.75) is 0 Å². The van der Waals surface area contributed by atoms with Crippen molar-refractivity contribution >= 4 is 54.1 Å². The van der Waals surface area contributed by atoms with Crippen molar-refractivity contribution in [1.82, 2.24) is 4.57 Å². The summed E-state index contributed by atoms with van der Waals surface area (Å²) >= 11 is 0. The van der Waals surface area contributed by atoms with E-state index in [0.29, 0.717) is 0 Å². The van der Waals surface area contributed by atoms with Crippen LogP contribution in [0.3, 0.4) is 0 Å². The molecule has 1 heteroatoms. The van der Waals surface area contributed by atoms with Gasteiger partial charge >= 0.3 is 0 Å². The van der Waals surface area contributed by atoms with Crippen molar-refractivity contribution in [1.29, 1.82) is 0 Å². The summed E-state index contributed by atoms with van der Waals surface area (Å²) in [6.45, 7) is 0. The molecule has 0 N–H and O–H groups in total. The van der Waals surface area contributed by atoms with Crippen LogP contribution in [0.25, 0.3) is 82.1 Å². The Morgan fingerprint density at radius 3 is 1.92 bits per heavy atom. The highest BCUT2D eigenvalue weighted by Gasteiger charge is 2.26. The van der Waals surface area contributed by atoms with Crippen molar-refractivity contribution in [2.75, 3.05) is 0 Å². The van der Waals surface area contributed by atoms with E-state index in [0.717, 1.165) is 0 Å². The Hall–Kier alpha value is -4.88. The number of benzene rings is 7. The van der Waals surface area contributed by atoms with E-state index < -0.39 is 0 Å². The van der Waals surface area contributed by atoms with Gasteiger partial charge in [0.2, 0.25) is 0 Å². The third-order valence-corrected chi connectivity index (χ3v) is 8.29. The molecule has 1 heterocycles. The fourth-order valence-corrected chi connectivity index (χ4v) is 6.82. The van der Waals surface area contributed by atoms with Crippen LogP contribution in [0.2, 0.25) is 0 Å². The van der Waals surface area contributed by atoms with Gasteiger partial charge in [-0.3, -0.25) is 0 Å². The smallest absolute Gasteiger partial charge is 0.0548 e. The molecular formula is C36H21N. The summed E-state index contributed by atoms with van der Waals surface area (Å²) in [6.07, 6.45) is 0. The van der Waals surface area contributed by atoms with Crippen LogP contribution in [-0.2, 0) is 0 Å². The predicted octanol–water partition coefficient (Wildman–Crippen LogP) is 9.89. The molecule has 170 valence electrons. The normalized spacial score (nSPS) is 12.3.